The normalized spacial score (nSPS) is 11.4. The van der Waals surface area contributed by atoms with Crippen molar-refractivity contribution in [2.45, 2.75) is 46.6 Å². The average Bonchev–Trinajstić information content (AvgIpc) is 2.83. The third-order valence-electron chi connectivity index (χ3n) is 3.24. The maximum atomic E-state index is 14.3. The molecule has 0 fully saturated rings. The molecule has 7 nitrogen and oxygen atoms in total. The van der Waals surface area contributed by atoms with Crippen LogP contribution in [0.4, 0.5) is 14.9 Å². The average molecular weight is 351 g/mol. The number of nitrogens with one attached hydrogen (secondary N) is 1. The van der Waals surface area contributed by atoms with Gasteiger partial charge in [0.15, 0.2) is 5.82 Å². The van der Waals surface area contributed by atoms with Gasteiger partial charge in [-0.2, -0.15) is 5.10 Å². The Bertz CT molecular complexity index is 808. The van der Waals surface area contributed by atoms with Crippen LogP contribution in [0.1, 0.15) is 50.7 Å². The topological polar surface area (TPSA) is 81.9 Å². The number of rotatable bonds is 4. The summed E-state index contributed by atoms with van der Waals surface area (Å²) >= 11 is 0. The highest BCUT2D eigenvalue weighted by Gasteiger charge is 2.23. The van der Waals surface area contributed by atoms with Crippen LogP contribution in [-0.2, 0) is 15.9 Å². The summed E-state index contributed by atoms with van der Waals surface area (Å²) in [6.45, 7) is 8.86. The fraction of sp³-hybridized carbons (Fsp3) is 0.471. The number of carbonyl (C=O) groups excluding carboxylic acids is 2. The molecule has 8 heteroatoms. The van der Waals surface area contributed by atoms with Crippen LogP contribution in [0, 0.1) is 5.82 Å². The van der Waals surface area contributed by atoms with Crippen molar-refractivity contribution in [2.75, 3.05) is 11.9 Å². The van der Waals surface area contributed by atoms with E-state index in [0.717, 1.165) is 6.20 Å². The highest BCUT2D eigenvalue weighted by Crippen LogP contribution is 2.24. The third-order valence-corrected chi connectivity index (χ3v) is 3.24. The molecule has 1 N–H and O–H groups in total. The van der Waals surface area contributed by atoms with Gasteiger partial charge in [0, 0.05) is 0 Å². The van der Waals surface area contributed by atoms with Crippen LogP contribution >= 0.6 is 0 Å². The molecule has 1 amide bonds. The summed E-state index contributed by atoms with van der Waals surface area (Å²) in [6.07, 6.45) is 0.791. The van der Waals surface area contributed by atoms with Crippen molar-refractivity contribution >= 4 is 23.3 Å². The molecule has 0 aromatic carbocycles. The maximum absolute atomic E-state index is 14.3. The smallest absolute Gasteiger partial charge is 0.412 e. The minimum atomic E-state index is -0.788. The second kappa shape index (κ2) is 7.08. The molecule has 0 aliphatic carbocycles. The van der Waals surface area contributed by atoms with E-state index in [4.69, 9.17) is 9.47 Å². The summed E-state index contributed by atoms with van der Waals surface area (Å²) in [5.41, 5.74) is 0.286. The highest BCUT2D eigenvalue weighted by molar-refractivity contribution is 5.99. The van der Waals surface area contributed by atoms with Gasteiger partial charge in [-0.1, -0.05) is 6.92 Å². The standard InChI is InChI=1S/C17H22FN3O4/c1-6-11-14(15(22)24-7-2)13-8-12(10(18)9-21(13)20-11)19-16(23)25-17(3,4)5/h8-9H,6-7H2,1-5H3,(H,19,23). The lowest BCUT2D eigenvalue weighted by Crippen LogP contribution is -2.27. The Labute approximate surface area is 145 Å². The SMILES string of the molecule is CCOC(=O)c1c(CC)nn2cc(F)c(NC(=O)OC(C)(C)C)cc12. The largest absolute Gasteiger partial charge is 0.462 e. The fourth-order valence-electron chi connectivity index (χ4n) is 2.30. The number of fused-ring (bicyclic) bond motifs is 1. The zero-order valence-corrected chi connectivity index (χ0v) is 15.0. The van der Waals surface area contributed by atoms with E-state index in [1.165, 1.54) is 10.6 Å². The zero-order chi connectivity index (χ0) is 18.8. The summed E-state index contributed by atoms with van der Waals surface area (Å²) < 4.78 is 25.7. The van der Waals surface area contributed by atoms with Crippen molar-refractivity contribution in [3.8, 4) is 0 Å². The number of aryl methyl sites for hydroxylation is 1. The van der Waals surface area contributed by atoms with Crippen LogP contribution in [0.2, 0.25) is 0 Å². The number of anilines is 1. The van der Waals surface area contributed by atoms with Crippen molar-refractivity contribution in [1.82, 2.24) is 9.61 Å². The molecule has 0 saturated carbocycles. The van der Waals surface area contributed by atoms with Crippen molar-refractivity contribution in [3.05, 3.63) is 29.3 Å². The molecule has 0 atom stereocenters. The molecular weight excluding hydrogens is 329 g/mol. The number of hydrogen-bond donors (Lipinski definition) is 1. The van der Waals surface area contributed by atoms with Crippen molar-refractivity contribution in [3.63, 3.8) is 0 Å². The number of ether oxygens (including phenoxy) is 2. The van der Waals surface area contributed by atoms with Crippen molar-refractivity contribution in [1.29, 1.82) is 0 Å². The molecule has 2 aromatic rings. The number of halogens is 1. The molecule has 25 heavy (non-hydrogen) atoms. The molecule has 0 aliphatic rings. The van der Waals surface area contributed by atoms with Crippen LogP contribution < -0.4 is 5.32 Å². The van der Waals surface area contributed by atoms with E-state index in [0.29, 0.717) is 17.6 Å². The van der Waals surface area contributed by atoms with Crippen LogP contribution in [0.5, 0.6) is 0 Å². The zero-order valence-electron chi connectivity index (χ0n) is 15.0. The molecule has 136 valence electrons. The molecule has 0 aliphatic heterocycles. The molecule has 0 unspecified atom stereocenters. The van der Waals surface area contributed by atoms with Gasteiger partial charge >= 0.3 is 12.1 Å². The minimum absolute atomic E-state index is 0.102. The van der Waals surface area contributed by atoms with Crippen LogP contribution in [0.25, 0.3) is 5.52 Å². The van der Waals surface area contributed by atoms with Gasteiger partial charge < -0.3 is 9.47 Å². The number of amides is 1. The lowest BCUT2D eigenvalue weighted by molar-refractivity contribution is 0.0526. The first-order chi connectivity index (χ1) is 11.7. The van der Waals surface area contributed by atoms with E-state index < -0.39 is 23.5 Å². The van der Waals surface area contributed by atoms with Crippen LogP contribution in [0.3, 0.4) is 0 Å². The number of aromatic nitrogens is 2. The fourth-order valence-corrected chi connectivity index (χ4v) is 2.30. The Morgan fingerprint density at radius 3 is 2.56 bits per heavy atom. The molecule has 0 saturated heterocycles. The second-order valence-corrected chi connectivity index (χ2v) is 6.39. The van der Waals surface area contributed by atoms with Crippen molar-refractivity contribution in [2.24, 2.45) is 0 Å². The van der Waals surface area contributed by atoms with Gasteiger partial charge in [-0.25, -0.2) is 18.5 Å². The number of nitrogens with zero attached hydrogens (tertiary/aromatic N) is 2. The molecule has 2 heterocycles. The second-order valence-electron chi connectivity index (χ2n) is 6.39. The summed E-state index contributed by atoms with van der Waals surface area (Å²) in [7, 11) is 0. The Morgan fingerprint density at radius 2 is 2.00 bits per heavy atom. The summed E-state index contributed by atoms with van der Waals surface area (Å²) in [5, 5.41) is 6.56. The molecule has 0 radical (unpaired) electrons. The van der Waals surface area contributed by atoms with Gasteiger partial charge in [-0.05, 0) is 40.2 Å². The highest BCUT2D eigenvalue weighted by atomic mass is 19.1. The number of esters is 1. The van der Waals surface area contributed by atoms with Gasteiger partial charge in [-0.3, -0.25) is 5.32 Å². The monoisotopic (exact) mass is 351 g/mol. The summed E-state index contributed by atoms with van der Waals surface area (Å²) in [4.78, 5) is 24.1. The van der Waals surface area contributed by atoms with Gasteiger partial charge in [0.25, 0.3) is 0 Å². The first-order valence-electron chi connectivity index (χ1n) is 8.04. The van der Waals surface area contributed by atoms with Crippen molar-refractivity contribution < 1.29 is 23.5 Å². The van der Waals surface area contributed by atoms with Crippen LogP contribution in [0.15, 0.2) is 12.3 Å². The lowest BCUT2D eigenvalue weighted by atomic mass is 10.1. The van der Waals surface area contributed by atoms with Gasteiger partial charge in [0.1, 0.15) is 11.2 Å². The predicted octanol–water partition coefficient (Wildman–Crippen LogP) is 3.56. The Morgan fingerprint density at radius 1 is 1.32 bits per heavy atom. The molecule has 2 aromatic heterocycles. The number of hydrogen-bond acceptors (Lipinski definition) is 5. The van der Waals surface area contributed by atoms with E-state index in [9.17, 15) is 14.0 Å². The third kappa shape index (κ3) is 4.26. The minimum Gasteiger partial charge on any atom is -0.462 e. The maximum Gasteiger partial charge on any atom is 0.412 e. The Hall–Kier alpha value is -2.64. The molecule has 0 bridgehead atoms. The first-order valence-corrected chi connectivity index (χ1v) is 8.04. The van der Waals surface area contributed by atoms with Gasteiger partial charge in [-0.15, -0.1) is 0 Å². The van der Waals surface area contributed by atoms with Crippen LogP contribution in [-0.4, -0.2) is 33.9 Å². The van der Waals surface area contributed by atoms with E-state index in [-0.39, 0.29) is 17.9 Å². The summed E-state index contributed by atoms with van der Waals surface area (Å²) in [6, 6.07) is 1.34. The predicted molar refractivity (Wildman–Crippen MR) is 90.3 cm³/mol. The van der Waals surface area contributed by atoms with E-state index in [2.05, 4.69) is 10.4 Å². The van der Waals surface area contributed by atoms with E-state index in [1.54, 1.807) is 27.7 Å². The first kappa shape index (κ1) is 18.7. The number of pyridine rings is 1. The molecular formula is C17H22FN3O4. The quantitative estimate of drug-likeness (QED) is 0.852. The Balaban J connectivity index is 2.46. The van der Waals surface area contributed by atoms with Gasteiger partial charge in [0.05, 0.1) is 29.7 Å². The Kier molecular flexibility index (Phi) is 5.30. The van der Waals surface area contributed by atoms with E-state index >= 15 is 0 Å². The van der Waals surface area contributed by atoms with Gasteiger partial charge in [0.2, 0.25) is 0 Å². The summed E-state index contributed by atoms with van der Waals surface area (Å²) in [5.74, 6) is -1.23. The van der Waals surface area contributed by atoms with E-state index in [1.807, 2.05) is 6.92 Å². The lowest BCUT2D eigenvalue weighted by Gasteiger charge is -2.19. The molecule has 0 spiro atoms. The number of carbonyl (C=O) groups is 2. The molecule has 2 rings (SSSR count).